The third-order valence-electron chi connectivity index (χ3n) is 3.18. The van der Waals surface area contributed by atoms with Crippen LogP contribution in [0.1, 0.15) is 18.9 Å². The molecule has 1 aromatic rings. The minimum Gasteiger partial charge on any atom is -0.493 e. The molecular weight excluding hydrogens is 274 g/mol. The number of benzene rings is 1. The molecule has 1 unspecified atom stereocenters. The van der Waals surface area contributed by atoms with Crippen LogP contribution >= 0.6 is 11.8 Å². The Kier molecular flexibility index (Phi) is 7.62. The lowest BCUT2D eigenvalue weighted by Gasteiger charge is -2.18. The van der Waals surface area contributed by atoms with E-state index in [2.05, 4.69) is 18.5 Å². The highest BCUT2D eigenvalue weighted by molar-refractivity contribution is 7.98. The van der Waals surface area contributed by atoms with Crippen molar-refractivity contribution in [2.24, 2.45) is 0 Å². The van der Waals surface area contributed by atoms with Crippen LogP contribution in [0.5, 0.6) is 17.2 Å². The molecule has 0 amide bonds. The fourth-order valence-corrected chi connectivity index (χ4v) is 2.57. The zero-order valence-electron chi connectivity index (χ0n) is 13.0. The van der Waals surface area contributed by atoms with Crippen molar-refractivity contribution in [1.29, 1.82) is 0 Å². The van der Waals surface area contributed by atoms with Crippen molar-refractivity contribution in [2.45, 2.75) is 25.9 Å². The first kappa shape index (κ1) is 17.0. The molecule has 0 radical (unpaired) electrons. The third-order valence-corrected chi connectivity index (χ3v) is 3.83. The summed E-state index contributed by atoms with van der Waals surface area (Å²) in [6, 6.07) is 4.39. The summed E-state index contributed by atoms with van der Waals surface area (Å²) < 4.78 is 16.1. The number of ether oxygens (including phenoxy) is 3. The summed E-state index contributed by atoms with van der Waals surface area (Å²) in [5.41, 5.74) is 1.07. The number of hydrogen-bond acceptors (Lipinski definition) is 5. The summed E-state index contributed by atoms with van der Waals surface area (Å²) in [5, 5.41) is 3.51. The van der Waals surface area contributed by atoms with E-state index in [1.807, 2.05) is 23.9 Å². The summed E-state index contributed by atoms with van der Waals surface area (Å²) in [6.07, 6.45) is 3.28. The molecule has 114 valence electrons. The van der Waals surface area contributed by atoms with Crippen LogP contribution in [0.3, 0.4) is 0 Å². The lowest BCUT2D eigenvalue weighted by Crippen LogP contribution is -2.26. The molecule has 0 spiro atoms. The average Bonchev–Trinajstić information content (AvgIpc) is 2.49. The van der Waals surface area contributed by atoms with E-state index in [4.69, 9.17) is 14.2 Å². The van der Waals surface area contributed by atoms with Crippen LogP contribution in [-0.2, 0) is 6.54 Å². The van der Waals surface area contributed by atoms with Crippen molar-refractivity contribution in [3.8, 4) is 17.2 Å². The highest BCUT2D eigenvalue weighted by Crippen LogP contribution is 2.39. The molecule has 0 heterocycles. The summed E-state index contributed by atoms with van der Waals surface area (Å²) in [7, 11) is 4.90. The zero-order valence-corrected chi connectivity index (χ0v) is 13.8. The topological polar surface area (TPSA) is 39.7 Å². The first-order valence-electron chi connectivity index (χ1n) is 6.68. The van der Waals surface area contributed by atoms with Crippen LogP contribution in [0, 0.1) is 0 Å². The molecular formula is C15H25NO3S. The van der Waals surface area contributed by atoms with Gasteiger partial charge in [0.1, 0.15) is 0 Å². The zero-order chi connectivity index (χ0) is 15.0. The van der Waals surface area contributed by atoms with Crippen LogP contribution in [0.15, 0.2) is 12.1 Å². The van der Waals surface area contributed by atoms with Crippen molar-refractivity contribution in [2.75, 3.05) is 33.3 Å². The Morgan fingerprint density at radius 1 is 1.10 bits per heavy atom. The van der Waals surface area contributed by atoms with Crippen molar-refractivity contribution >= 4 is 11.8 Å². The van der Waals surface area contributed by atoms with Gasteiger partial charge in [-0.3, -0.25) is 0 Å². The van der Waals surface area contributed by atoms with E-state index < -0.39 is 0 Å². The number of methoxy groups -OCH3 is 3. The number of thioether (sulfide) groups is 1. The lowest BCUT2D eigenvalue weighted by molar-refractivity contribution is 0.321. The van der Waals surface area contributed by atoms with Crippen LogP contribution in [0.4, 0.5) is 0 Å². The molecule has 1 rings (SSSR count). The molecule has 0 fully saturated rings. The monoisotopic (exact) mass is 299 g/mol. The minimum atomic E-state index is 0.472. The number of rotatable bonds is 9. The van der Waals surface area contributed by atoms with Crippen molar-refractivity contribution in [3.63, 3.8) is 0 Å². The van der Waals surface area contributed by atoms with Crippen molar-refractivity contribution in [1.82, 2.24) is 5.32 Å². The maximum atomic E-state index is 5.47. The van der Waals surface area contributed by atoms with Gasteiger partial charge in [0.25, 0.3) is 0 Å². The number of nitrogens with one attached hydrogen (secondary N) is 1. The molecule has 20 heavy (non-hydrogen) atoms. The highest BCUT2D eigenvalue weighted by atomic mass is 32.2. The van der Waals surface area contributed by atoms with E-state index in [1.165, 1.54) is 0 Å². The predicted octanol–water partition coefficient (Wildman–Crippen LogP) is 2.94. The Balaban J connectivity index is 2.79. The molecule has 5 heteroatoms. The minimum absolute atomic E-state index is 0.472. The van der Waals surface area contributed by atoms with Gasteiger partial charge in [0.2, 0.25) is 5.75 Å². The summed E-state index contributed by atoms with van der Waals surface area (Å²) in [4.78, 5) is 0. The molecule has 1 atom stereocenters. The normalized spacial score (nSPS) is 12.1. The molecule has 0 saturated carbocycles. The molecule has 0 bridgehead atoms. The summed E-state index contributed by atoms with van der Waals surface area (Å²) >= 11 is 1.87. The van der Waals surface area contributed by atoms with Crippen molar-refractivity contribution < 1.29 is 14.2 Å². The van der Waals surface area contributed by atoms with Gasteiger partial charge in [-0.25, -0.2) is 0 Å². The Morgan fingerprint density at radius 2 is 1.80 bits per heavy atom. The van der Waals surface area contributed by atoms with Gasteiger partial charge in [0, 0.05) is 18.2 Å². The highest BCUT2D eigenvalue weighted by Gasteiger charge is 2.15. The van der Waals surface area contributed by atoms with Gasteiger partial charge in [-0.1, -0.05) is 6.07 Å². The fourth-order valence-electron chi connectivity index (χ4n) is 1.98. The first-order valence-corrected chi connectivity index (χ1v) is 8.07. The second kappa shape index (κ2) is 8.97. The van der Waals surface area contributed by atoms with E-state index in [0.29, 0.717) is 17.5 Å². The lowest BCUT2D eigenvalue weighted by atomic mass is 10.1. The van der Waals surface area contributed by atoms with E-state index in [9.17, 15) is 0 Å². The third kappa shape index (κ3) is 4.49. The van der Waals surface area contributed by atoms with Gasteiger partial charge >= 0.3 is 0 Å². The molecule has 1 aromatic carbocycles. The fraction of sp³-hybridized carbons (Fsp3) is 0.600. The van der Waals surface area contributed by atoms with E-state index >= 15 is 0 Å². The van der Waals surface area contributed by atoms with Crippen molar-refractivity contribution in [3.05, 3.63) is 17.7 Å². The van der Waals surface area contributed by atoms with Gasteiger partial charge in [0.15, 0.2) is 11.5 Å². The predicted molar refractivity (Wildman–Crippen MR) is 85.4 cm³/mol. The second-order valence-electron chi connectivity index (χ2n) is 4.56. The Hall–Kier alpha value is -1.07. The molecule has 0 aliphatic heterocycles. The maximum absolute atomic E-state index is 5.47. The smallest absolute Gasteiger partial charge is 0.203 e. The largest absolute Gasteiger partial charge is 0.493 e. The standard InChI is InChI=1S/C15H25NO3S/c1-11(8-9-20-5)16-10-12-6-7-13(17-2)15(19-4)14(12)18-3/h6-7,11,16H,8-10H2,1-5H3. The van der Waals surface area contributed by atoms with E-state index in [1.54, 1.807) is 21.3 Å². The Labute approximate surface area is 126 Å². The average molecular weight is 299 g/mol. The van der Waals surface area contributed by atoms with Crippen LogP contribution < -0.4 is 19.5 Å². The Bertz CT molecular complexity index is 412. The Morgan fingerprint density at radius 3 is 2.35 bits per heavy atom. The van der Waals surface area contributed by atoms with Crippen LogP contribution in [0.2, 0.25) is 0 Å². The molecule has 0 saturated heterocycles. The van der Waals surface area contributed by atoms with E-state index in [-0.39, 0.29) is 0 Å². The summed E-state index contributed by atoms with van der Waals surface area (Å²) in [6.45, 7) is 2.95. The second-order valence-corrected chi connectivity index (χ2v) is 5.54. The molecule has 0 aliphatic rings. The first-order chi connectivity index (χ1) is 9.67. The summed E-state index contributed by atoms with van der Waals surface area (Å²) in [5.74, 6) is 3.23. The van der Waals surface area contributed by atoms with E-state index in [0.717, 1.165) is 30.0 Å². The quantitative estimate of drug-likeness (QED) is 0.759. The number of hydrogen-bond donors (Lipinski definition) is 1. The van der Waals surface area contributed by atoms with Crippen LogP contribution in [0.25, 0.3) is 0 Å². The van der Waals surface area contributed by atoms with Gasteiger partial charge in [-0.05, 0) is 31.4 Å². The van der Waals surface area contributed by atoms with Gasteiger partial charge in [-0.2, -0.15) is 11.8 Å². The maximum Gasteiger partial charge on any atom is 0.203 e. The van der Waals surface area contributed by atoms with Gasteiger partial charge in [-0.15, -0.1) is 0 Å². The molecule has 4 nitrogen and oxygen atoms in total. The molecule has 1 N–H and O–H groups in total. The molecule has 0 aliphatic carbocycles. The SMILES string of the molecule is COc1ccc(CNC(C)CCSC)c(OC)c1OC. The molecule has 0 aromatic heterocycles. The van der Waals surface area contributed by atoms with Gasteiger partial charge < -0.3 is 19.5 Å². The van der Waals surface area contributed by atoms with Crippen LogP contribution in [-0.4, -0.2) is 39.4 Å². The van der Waals surface area contributed by atoms with Gasteiger partial charge in [0.05, 0.1) is 21.3 Å².